The zero-order chi connectivity index (χ0) is 11.7. The van der Waals surface area contributed by atoms with Crippen LogP contribution in [0.4, 0.5) is 0 Å². The van der Waals surface area contributed by atoms with Crippen LogP contribution in [0.1, 0.15) is 31.0 Å². The Morgan fingerprint density at radius 1 is 1.12 bits per heavy atom. The van der Waals surface area contributed by atoms with Gasteiger partial charge in [0.05, 0.1) is 14.2 Å². The van der Waals surface area contributed by atoms with E-state index in [2.05, 4.69) is 31.3 Å². The number of benzene rings is 1. The van der Waals surface area contributed by atoms with E-state index in [1.165, 1.54) is 11.1 Å². The second-order valence-corrected chi connectivity index (χ2v) is 4.40. The average molecular weight is 221 g/mol. The van der Waals surface area contributed by atoms with Gasteiger partial charge in [-0.25, -0.2) is 0 Å². The summed E-state index contributed by atoms with van der Waals surface area (Å²) in [6.07, 6.45) is 1.04. The van der Waals surface area contributed by atoms with Crippen LogP contribution in [0, 0.1) is 0 Å². The van der Waals surface area contributed by atoms with Gasteiger partial charge >= 0.3 is 0 Å². The van der Waals surface area contributed by atoms with Crippen LogP contribution in [0.25, 0.3) is 0 Å². The molecule has 0 bridgehead atoms. The van der Waals surface area contributed by atoms with Gasteiger partial charge in [0.2, 0.25) is 0 Å². The summed E-state index contributed by atoms with van der Waals surface area (Å²) in [5.74, 6) is 1.63. The van der Waals surface area contributed by atoms with Crippen LogP contribution in [0.15, 0.2) is 12.1 Å². The van der Waals surface area contributed by atoms with Crippen molar-refractivity contribution in [2.75, 3.05) is 14.2 Å². The van der Waals surface area contributed by atoms with Gasteiger partial charge in [0.15, 0.2) is 11.5 Å². The summed E-state index contributed by atoms with van der Waals surface area (Å²) >= 11 is 0. The van der Waals surface area contributed by atoms with Gasteiger partial charge in [-0.3, -0.25) is 0 Å². The predicted octanol–water partition coefficient (Wildman–Crippen LogP) is 2.30. The van der Waals surface area contributed by atoms with E-state index in [0.29, 0.717) is 12.1 Å². The number of rotatable bonds is 2. The molecule has 1 N–H and O–H groups in total. The average Bonchev–Trinajstić information content (AvgIpc) is 2.27. The molecule has 1 aromatic rings. The van der Waals surface area contributed by atoms with Crippen molar-refractivity contribution in [3.8, 4) is 11.5 Å². The minimum atomic E-state index is 0.374. The van der Waals surface area contributed by atoms with E-state index in [4.69, 9.17) is 9.47 Å². The van der Waals surface area contributed by atoms with Gasteiger partial charge in [-0.2, -0.15) is 0 Å². The molecule has 0 saturated heterocycles. The van der Waals surface area contributed by atoms with Gasteiger partial charge in [-0.1, -0.05) is 0 Å². The number of methoxy groups -OCH3 is 2. The molecule has 0 radical (unpaired) electrons. The van der Waals surface area contributed by atoms with Crippen molar-refractivity contribution >= 4 is 0 Å². The molecule has 0 spiro atoms. The van der Waals surface area contributed by atoms with Crippen molar-refractivity contribution in [3.63, 3.8) is 0 Å². The fourth-order valence-corrected chi connectivity index (χ4v) is 2.42. The first-order valence-corrected chi connectivity index (χ1v) is 5.66. The highest BCUT2D eigenvalue weighted by atomic mass is 16.5. The van der Waals surface area contributed by atoms with E-state index in [-0.39, 0.29) is 0 Å². The second-order valence-electron chi connectivity index (χ2n) is 4.40. The molecule has 0 aromatic heterocycles. The van der Waals surface area contributed by atoms with Crippen molar-refractivity contribution in [1.82, 2.24) is 5.32 Å². The molecule has 1 aromatic carbocycles. The zero-order valence-corrected chi connectivity index (χ0v) is 10.3. The van der Waals surface area contributed by atoms with E-state index < -0.39 is 0 Å². The fraction of sp³-hybridized carbons (Fsp3) is 0.538. The van der Waals surface area contributed by atoms with E-state index >= 15 is 0 Å². The molecular weight excluding hydrogens is 202 g/mol. The Morgan fingerprint density at radius 3 is 2.38 bits per heavy atom. The summed E-state index contributed by atoms with van der Waals surface area (Å²) in [4.78, 5) is 0. The van der Waals surface area contributed by atoms with Gasteiger partial charge in [-0.05, 0) is 43.5 Å². The highest BCUT2D eigenvalue weighted by Gasteiger charge is 2.22. The molecule has 1 unspecified atom stereocenters. The lowest BCUT2D eigenvalue weighted by atomic mass is 9.91. The monoisotopic (exact) mass is 221 g/mol. The van der Waals surface area contributed by atoms with Gasteiger partial charge in [-0.15, -0.1) is 0 Å². The van der Waals surface area contributed by atoms with Gasteiger partial charge in [0.1, 0.15) is 0 Å². The Kier molecular flexibility index (Phi) is 3.06. The number of nitrogens with one attached hydrogen (secondary N) is 1. The van der Waals surface area contributed by atoms with Crippen LogP contribution in [-0.4, -0.2) is 20.3 Å². The Morgan fingerprint density at radius 2 is 1.75 bits per heavy atom. The Bertz CT molecular complexity index is 390. The molecule has 2 atom stereocenters. The van der Waals surface area contributed by atoms with Gasteiger partial charge < -0.3 is 14.8 Å². The lowest BCUT2D eigenvalue weighted by molar-refractivity contribution is 0.350. The molecule has 1 heterocycles. The Labute approximate surface area is 96.8 Å². The second kappa shape index (κ2) is 4.34. The highest BCUT2D eigenvalue weighted by Crippen LogP contribution is 2.35. The SMILES string of the molecule is COc1cc2c(cc1OC)C(C)N[C@H](C)C2. The van der Waals surface area contributed by atoms with Crippen LogP contribution in [0.3, 0.4) is 0 Å². The van der Waals surface area contributed by atoms with E-state index in [9.17, 15) is 0 Å². The minimum Gasteiger partial charge on any atom is -0.493 e. The maximum Gasteiger partial charge on any atom is 0.161 e. The van der Waals surface area contributed by atoms with Crippen molar-refractivity contribution in [3.05, 3.63) is 23.3 Å². The first kappa shape index (κ1) is 11.3. The molecule has 0 amide bonds. The third kappa shape index (κ3) is 1.87. The van der Waals surface area contributed by atoms with Gasteiger partial charge in [0.25, 0.3) is 0 Å². The summed E-state index contributed by atoms with van der Waals surface area (Å²) in [5, 5.41) is 3.53. The molecule has 88 valence electrons. The molecule has 1 aliphatic heterocycles. The normalized spacial score (nSPS) is 23.8. The summed E-state index contributed by atoms with van der Waals surface area (Å²) in [6, 6.07) is 5.07. The van der Waals surface area contributed by atoms with Crippen LogP contribution < -0.4 is 14.8 Å². The summed E-state index contributed by atoms with van der Waals surface area (Å²) in [6.45, 7) is 4.39. The Hall–Kier alpha value is -1.22. The van der Waals surface area contributed by atoms with Crippen LogP contribution in [0.2, 0.25) is 0 Å². The first-order chi connectivity index (χ1) is 7.65. The molecule has 0 aliphatic carbocycles. The maximum atomic E-state index is 5.33. The topological polar surface area (TPSA) is 30.5 Å². The number of hydrogen-bond acceptors (Lipinski definition) is 3. The first-order valence-electron chi connectivity index (χ1n) is 5.66. The lowest BCUT2D eigenvalue weighted by Crippen LogP contribution is -2.35. The van der Waals surface area contributed by atoms with Crippen LogP contribution in [-0.2, 0) is 6.42 Å². The third-order valence-corrected chi connectivity index (χ3v) is 3.17. The minimum absolute atomic E-state index is 0.374. The fourth-order valence-electron chi connectivity index (χ4n) is 2.42. The number of ether oxygens (including phenoxy) is 2. The smallest absolute Gasteiger partial charge is 0.161 e. The Balaban J connectivity index is 2.47. The van der Waals surface area contributed by atoms with Crippen LogP contribution >= 0.6 is 0 Å². The van der Waals surface area contributed by atoms with E-state index in [0.717, 1.165) is 17.9 Å². The van der Waals surface area contributed by atoms with Crippen molar-refractivity contribution in [2.45, 2.75) is 32.4 Å². The van der Waals surface area contributed by atoms with Crippen molar-refractivity contribution in [1.29, 1.82) is 0 Å². The molecule has 0 fully saturated rings. The maximum absolute atomic E-state index is 5.33. The number of hydrogen-bond donors (Lipinski definition) is 1. The molecular formula is C13H19NO2. The summed E-state index contributed by atoms with van der Waals surface area (Å²) in [5.41, 5.74) is 2.67. The molecule has 16 heavy (non-hydrogen) atoms. The quantitative estimate of drug-likeness (QED) is 0.831. The highest BCUT2D eigenvalue weighted by molar-refractivity contribution is 5.49. The third-order valence-electron chi connectivity index (χ3n) is 3.17. The molecule has 0 saturated carbocycles. The molecule has 3 nitrogen and oxygen atoms in total. The van der Waals surface area contributed by atoms with E-state index in [1.807, 2.05) is 0 Å². The van der Waals surface area contributed by atoms with Crippen LogP contribution in [0.5, 0.6) is 11.5 Å². The van der Waals surface area contributed by atoms with Crippen molar-refractivity contribution in [2.24, 2.45) is 0 Å². The largest absolute Gasteiger partial charge is 0.493 e. The standard InChI is InChI=1S/C13H19NO2/c1-8-5-10-6-12(15-3)13(16-4)7-11(10)9(2)14-8/h6-9,14H,5H2,1-4H3/t8-,9?/m1/s1. The predicted molar refractivity (Wildman–Crippen MR) is 64.3 cm³/mol. The number of fused-ring (bicyclic) bond motifs is 1. The van der Waals surface area contributed by atoms with Gasteiger partial charge in [0, 0.05) is 12.1 Å². The molecule has 2 rings (SSSR count). The zero-order valence-electron chi connectivity index (χ0n) is 10.3. The van der Waals surface area contributed by atoms with E-state index in [1.54, 1.807) is 14.2 Å². The van der Waals surface area contributed by atoms with Crippen molar-refractivity contribution < 1.29 is 9.47 Å². The lowest BCUT2D eigenvalue weighted by Gasteiger charge is -2.30. The molecule has 1 aliphatic rings. The summed E-state index contributed by atoms with van der Waals surface area (Å²) in [7, 11) is 3.35. The summed E-state index contributed by atoms with van der Waals surface area (Å²) < 4.78 is 10.7. The molecule has 3 heteroatoms.